The molecule has 1 N–H and O–H groups in total. The number of hydrogen-bond acceptors (Lipinski definition) is 5. The van der Waals surface area contributed by atoms with Crippen molar-refractivity contribution in [2.24, 2.45) is 5.92 Å². The quantitative estimate of drug-likeness (QED) is 0.577. The molecule has 1 aliphatic rings. The minimum Gasteiger partial charge on any atom is -0.496 e. The van der Waals surface area contributed by atoms with E-state index in [0.717, 1.165) is 54.4 Å². The summed E-state index contributed by atoms with van der Waals surface area (Å²) in [6.07, 6.45) is 3.96. The molecule has 2 aromatic heterocycles. The maximum absolute atomic E-state index is 12.9. The summed E-state index contributed by atoms with van der Waals surface area (Å²) in [6.45, 7) is 4.87. The number of amides is 1. The molecule has 1 amide bonds. The SMILES string of the molecule is COc1c(C)cccc1CN1CCC[C@@H]([C@@H](NC(=O)c2cccs2)c2ccccn2)C1. The first kappa shape index (κ1) is 21.5. The summed E-state index contributed by atoms with van der Waals surface area (Å²) in [6, 6.07) is 15.9. The molecule has 0 bridgehead atoms. The molecular formula is C25H29N3O2S. The average molecular weight is 436 g/mol. The van der Waals surface area contributed by atoms with Crippen LogP contribution in [0.2, 0.25) is 0 Å². The second kappa shape index (κ2) is 10.1. The predicted octanol–water partition coefficient (Wildman–Crippen LogP) is 4.84. The van der Waals surface area contributed by atoms with E-state index < -0.39 is 0 Å². The molecular weight excluding hydrogens is 406 g/mol. The molecule has 3 aromatic rings. The molecule has 4 rings (SSSR count). The van der Waals surface area contributed by atoms with Gasteiger partial charge >= 0.3 is 0 Å². The van der Waals surface area contributed by atoms with E-state index in [9.17, 15) is 4.79 Å². The molecule has 5 nitrogen and oxygen atoms in total. The number of thiophene rings is 1. The van der Waals surface area contributed by atoms with Crippen LogP contribution in [0.3, 0.4) is 0 Å². The Morgan fingerprint density at radius 2 is 2.16 bits per heavy atom. The molecule has 31 heavy (non-hydrogen) atoms. The van der Waals surface area contributed by atoms with Crippen LogP contribution < -0.4 is 10.1 Å². The minimum atomic E-state index is -0.113. The first-order valence-corrected chi connectivity index (χ1v) is 11.6. The van der Waals surface area contributed by atoms with Crippen molar-refractivity contribution >= 4 is 17.2 Å². The Morgan fingerprint density at radius 3 is 2.90 bits per heavy atom. The summed E-state index contributed by atoms with van der Waals surface area (Å²) in [7, 11) is 1.74. The van der Waals surface area contributed by atoms with Crippen LogP contribution in [0.1, 0.15) is 45.4 Å². The van der Waals surface area contributed by atoms with Gasteiger partial charge in [0.25, 0.3) is 5.91 Å². The van der Waals surface area contributed by atoms with Crippen LogP contribution in [-0.4, -0.2) is 36.0 Å². The van der Waals surface area contributed by atoms with E-state index in [0.29, 0.717) is 5.92 Å². The van der Waals surface area contributed by atoms with Gasteiger partial charge < -0.3 is 10.1 Å². The fourth-order valence-electron chi connectivity index (χ4n) is 4.49. The lowest BCUT2D eigenvalue weighted by Crippen LogP contribution is -2.43. The summed E-state index contributed by atoms with van der Waals surface area (Å²) in [5, 5.41) is 5.21. The average Bonchev–Trinajstić information content (AvgIpc) is 3.33. The lowest BCUT2D eigenvalue weighted by molar-refractivity contribution is 0.0878. The summed E-state index contributed by atoms with van der Waals surface area (Å²) >= 11 is 1.47. The van der Waals surface area contributed by atoms with E-state index in [2.05, 4.69) is 40.3 Å². The van der Waals surface area contributed by atoms with Crippen LogP contribution >= 0.6 is 11.3 Å². The Balaban J connectivity index is 1.53. The van der Waals surface area contributed by atoms with E-state index in [1.54, 1.807) is 13.3 Å². The molecule has 0 radical (unpaired) electrons. The largest absolute Gasteiger partial charge is 0.496 e. The molecule has 3 heterocycles. The van der Waals surface area contributed by atoms with Crippen molar-refractivity contribution < 1.29 is 9.53 Å². The van der Waals surface area contributed by atoms with Gasteiger partial charge in [0.1, 0.15) is 5.75 Å². The van der Waals surface area contributed by atoms with E-state index in [-0.39, 0.29) is 11.9 Å². The van der Waals surface area contributed by atoms with Gasteiger partial charge in [0.2, 0.25) is 0 Å². The number of pyridine rings is 1. The fraction of sp³-hybridized carbons (Fsp3) is 0.360. The summed E-state index contributed by atoms with van der Waals surface area (Å²) in [5.74, 6) is 1.24. The lowest BCUT2D eigenvalue weighted by atomic mass is 9.88. The van der Waals surface area contributed by atoms with E-state index in [1.807, 2.05) is 35.7 Å². The van der Waals surface area contributed by atoms with E-state index in [1.165, 1.54) is 16.9 Å². The number of piperidine rings is 1. The van der Waals surface area contributed by atoms with Gasteiger partial charge in [-0.1, -0.05) is 30.3 Å². The number of aryl methyl sites for hydroxylation is 1. The van der Waals surface area contributed by atoms with Crippen LogP contribution in [0, 0.1) is 12.8 Å². The Morgan fingerprint density at radius 1 is 1.26 bits per heavy atom. The van der Waals surface area contributed by atoms with Crippen molar-refractivity contribution in [3.63, 3.8) is 0 Å². The molecule has 1 aromatic carbocycles. The molecule has 0 aliphatic carbocycles. The number of aromatic nitrogens is 1. The highest BCUT2D eigenvalue weighted by Crippen LogP contribution is 2.32. The number of benzene rings is 1. The third kappa shape index (κ3) is 5.14. The maximum Gasteiger partial charge on any atom is 0.261 e. The highest BCUT2D eigenvalue weighted by Gasteiger charge is 2.31. The minimum absolute atomic E-state index is 0.0249. The number of methoxy groups -OCH3 is 1. The zero-order valence-corrected chi connectivity index (χ0v) is 18.9. The number of rotatable bonds is 7. The van der Waals surface area contributed by atoms with Crippen LogP contribution in [-0.2, 0) is 6.54 Å². The second-order valence-corrected chi connectivity index (χ2v) is 9.04. The monoisotopic (exact) mass is 435 g/mol. The molecule has 6 heteroatoms. The number of hydrogen-bond donors (Lipinski definition) is 1. The van der Waals surface area contributed by atoms with Gasteiger partial charge in [-0.2, -0.15) is 0 Å². The summed E-state index contributed by atoms with van der Waals surface area (Å²) < 4.78 is 5.66. The zero-order valence-electron chi connectivity index (χ0n) is 18.1. The Bertz CT molecular complexity index is 991. The fourth-order valence-corrected chi connectivity index (χ4v) is 5.12. The first-order valence-electron chi connectivity index (χ1n) is 10.8. The second-order valence-electron chi connectivity index (χ2n) is 8.09. The third-order valence-corrected chi connectivity index (χ3v) is 6.81. The van der Waals surface area contributed by atoms with Gasteiger partial charge in [0.05, 0.1) is 23.7 Å². The van der Waals surface area contributed by atoms with Crippen LogP contribution in [0.5, 0.6) is 5.75 Å². The van der Waals surface area contributed by atoms with Crippen molar-refractivity contribution in [1.82, 2.24) is 15.2 Å². The van der Waals surface area contributed by atoms with Gasteiger partial charge in [-0.15, -0.1) is 11.3 Å². The van der Waals surface area contributed by atoms with Gasteiger partial charge in [-0.3, -0.25) is 14.7 Å². The highest BCUT2D eigenvalue weighted by atomic mass is 32.1. The van der Waals surface area contributed by atoms with Crippen molar-refractivity contribution in [2.45, 2.75) is 32.4 Å². The molecule has 1 fully saturated rings. The normalized spacial score (nSPS) is 17.8. The van der Waals surface area contributed by atoms with Crippen molar-refractivity contribution in [3.8, 4) is 5.75 Å². The summed E-state index contributed by atoms with van der Waals surface area (Å²) in [4.78, 5) is 20.7. The molecule has 0 unspecified atom stereocenters. The van der Waals surface area contributed by atoms with E-state index in [4.69, 9.17) is 4.74 Å². The Labute approximate surface area is 188 Å². The molecule has 1 aliphatic heterocycles. The molecule has 2 atom stereocenters. The van der Waals surface area contributed by atoms with Crippen molar-refractivity contribution in [2.75, 3.05) is 20.2 Å². The predicted molar refractivity (Wildman–Crippen MR) is 124 cm³/mol. The Hall–Kier alpha value is -2.70. The van der Waals surface area contributed by atoms with Gasteiger partial charge in [0, 0.05) is 24.8 Å². The number of para-hydroxylation sites is 1. The molecule has 162 valence electrons. The topological polar surface area (TPSA) is 54.5 Å². The summed E-state index contributed by atoms with van der Waals surface area (Å²) in [5.41, 5.74) is 3.29. The first-order chi connectivity index (χ1) is 15.2. The number of nitrogens with zero attached hydrogens (tertiary/aromatic N) is 2. The molecule has 1 saturated heterocycles. The third-order valence-electron chi connectivity index (χ3n) is 5.94. The number of ether oxygens (including phenoxy) is 1. The Kier molecular flexibility index (Phi) is 6.99. The van der Waals surface area contributed by atoms with Gasteiger partial charge in [-0.05, 0) is 61.4 Å². The highest BCUT2D eigenvalue weighted by molar-refractivity contribution is 7.12. The van der Waals surface area contributed by atoms with Gasteiger partial charge in [-0.25, -0.2) is 0 Å². The van der Waals surface area contributed by atoms with Crippen molar-refractivity contribution in [3.05, 3.63) is 81.8 Å². The van der Waals surface area contributed by atoms with E-state index >= 15 is 0 Å². The maximum atomic E-state index is 12.9. The smallest absolute Gasteiger partial charge is 0.261 e. The lowest BCUT2D eigenvalue weighted by Gasteiger charge is -2.37. The van der Waals surface area contributed by atoms with Crippen LogP contribution in [0.4, 0.5) is 0 Å². The number of nitrogens with one attached hydrogen (secondary N) is 1. The van der Waals surface area contributed by atoms with Crippen LogP contribution in [0.25, 0.3) is 0 Å². The molecule has 0 saturated carbocycles. The van der Waals surface area contributed by atoms with Crippen molar-refractivity contribution in [1.29, 1.82) is 0 Å². The molecule has 0 spiro atoms. The number of carbonyl (C=O) groups is 1. The number of carbonyl (C=O) groups excluding carboxylic acids is 1. The van der Waals surface area contributed by atoms with Gasteiger partial charge in [0.15, 0.2) is 0 Å². The standard InChI is InChI=1S/C25H29N3O2S/c1-18-8-5-9-20(24(18)30-2)17-28-14-6-10-19(16-28)23(21-11-3-4-13-26-21)27-25(29)22-12-7-15-31-22/h3-5,7-9,11-13,15,19,23H,6,10,14,16-17H2,1-2H3,(H,27,29)/t19-,23-/m1/s1. The van der Waals surface area contributed by atoms with Crippen LogP contribution in [0.15, 0.2) is 60.1 Å². The zero-order chi connectivity index (χ0) is 21.6. The number of likely N-dealkylation sites (tertiary alicyclic amines) is 1.